The molecule has 2 aliphatic heterocycles. The number of nitrogens with zero attached hydrogens (tertiary/aromatic N) is 2. The summed E-state index contributed by atoms with van der Waals surface area (Å²) < 4.78 is 13.4. The van der Waals surface area contributed by atoms with Crippen molar-refractivity contribution in [3.8, 4) is 0 Å². The molecule has 0 amide bonds. The van der Waals surface area contributed by atoms with Gasteiger partial charge in [-0.1, -0.05) is 23.9 Å². The maximum Gasteiger partial charge on any atom is 0.262 e. The summed E-state index contributed by atoms with van der Waals surface area (Å²) in [6.07, 6.45) is 5.92. The first-order valence-corrected chi connectivity index (χ1v) is 10.2. The number of hydrogen-bond acceptors (Lipinski definition) is 5. The number of rotatable bonds is 5. The van der Waals surface area contributed by atoms with Crippen LogP contribution in [0, 0.1) is 0 Å². The Morgan fingerprint density at radius 3 is 2.68 bits per heavy atom. The van der Waals surface area contributed by atoms with Gasteiger partial charge >= 0.3 is 0 Å². The average molecular weight is 360 g/mol. The zero-order valence-electron chi connectivity index (χ0n) is 14.4. The van der Waals surface area contributed by atoms with E-state index in [1.165, 1.54) is 6.42 Å². The van der Waals surface area contributed by atoms with Gasteiger partial charge in [0.25, 0.3) is 5.56 Å². The maximum atomic E-state index is 13.0. The highest BCUT2D eigenvalue weighted by Crippen LogP contribution is 2.24. The Hall–Kier alpha value is -1.37. The fourth-order valence-corrected chi connectivity index (χ4v) is 4.59. The Bertz CT molecular complexity index is 780. The topological polar surface area (TPSA) is 53.3 Å². The highest BCUT2D eigenvalue weighted by atomic mass is 32.2. The van der Waals surface area contributed by atoms with Gasteiger partial charge in [0.1, 0.15) is 0 Å². The highest BCUT2D eigenvalue weighted by Gasteiger charge is 2.21. The summed E-state index contributed by atoms with van der Waals surface area (Å²) >= 11 is 1.64. The molecule has 1 aromatic carbocycles. The van der Waals surface area contributed by atoms with Crippen LogP contribution in [0.3, 0.4) is 0 Å². The first-order valence-electron chi connectivity index (χ1n) is 9.17. The van der Waals surface area contributed by atoms with Crippen LogP contribution in [0.2, 0.25) is 0 Å². The van der Waals surface area contributed by atoms with E-state index in [9.17, 15) is 4.79 Å². The number of ether oxygens (including phenoxy) is 2. The first kappa shape index (κ1) is 17.1. The van der Waals surface area contributed by atoms with E-state index in [1.807, 2.05) is 28.8 Å². The molecule has 2 aromatic rings. The van der Waals surface area contributed by atoms with Gasteiger partial charge in [0, 0.05) is 19.0 Å². The Morgan fingerprint density at radius 1 is 1.08 bits per heavy atom. The van der Waals surface area contributed by atoms with Crippen molar-refractivity contribution in [2.45, 2.75) is 56.0 Å². The minimum absolute atomic E-state index is 0.0353. The normalized spacial score (nSPS) is 24.0. The van der Waals surface area contributed by atoms with E-state index < -0.39 is 0 Å². The monoisotopic (exact) mass is 360 g/mol. The zero-order valence-corrected chi connectivity index (χ0v) is 15.2. The molecular formula is C19H24N2O3S. The van der Waals surface area contributed by atoms with Crippen LogP contribution in [-0.4, -0.2) is 40.7 Å². The molecule has 2 saturated heterocycles. The number of para-hydroxylation sites is 1. The Balaban J connectivity index is 1.63. The van der Waals surface area contributed by atoms with Crippen LogP contribution in [0.5, 0.6) is 0 Å². The smallest absolute Gasteiger partial charge is 0.262 e. The Morgan fingerprint density at radius 2 is 1.88 bits per heavy atom. The van der Waals surface area contributed by atoms with Crippen LogP contribution in [0.15, 0.2) is 34.2 Å². The number of benzene rings is 1. The molecule has 2 fully saturated rings. The molecule has 0 saturated carbocycles. The molecule has 0 aliphatic carbocycles. The molecule has 0 unspecified atom stereocenters. The lowest BCUT2D eigenvalue weighted by Crippen LogP contribution is -2.29. The van der Waals surface area contributed by atoms with Crippen molar-refractivity contribution in [3.63, 3.8) is 0 Å². The molecule has 0 radical (unpaired) electrons. The second kappa shape index (κ2) is 7.89. The predicted molar refractivity (Wildman–Crippen MR) is 99.3 cm³/mol. The van der Waals surface area contributed by atoms with Gasteiger partial charge in [0.15, 0.2) is 5.16 Å². The lowest BCUT2D eigenvalue weighted by Gasteiger charge is -2.23. The van der Waals surface area contributed by atoms with E-state index in [4.69, 9.17) is 14.5 Å². The van der Waals surface area contributed by atoms with Crippen molar-refractivity contribution < 1.29 is 9.47 Å². The molecule has 0 N–H and O–H groups in total. The van der Waals surface area contributed by atoms with Crippen molar-refractivity contribution >= 4 is 22.7 Å². The lowest BCUT2D eigenvalue weighted by atomic mass is 10.1. The lowest BCUT2D eigenvalue weighted by molar-refractivity contribution is 0.0315. The van der Waals surface area contributed by atoms with Crippen molar-refractivity contribution in [3.05, 3.63) is 34.6 Å². The molecule has 3 heterocycles. The van der Waals surface area contributed by atoms with Gasteiger partial charge in [0.2, 0.25) is 0 Å². The summed E-state index contributed by atoms with van der Waals surface area (Å²) in [4.78, 5) is 17.8. The van der Waals surface area contributed by atoms with Gasteiger partial charge in [-0.3, -0.25) is 9.36 Å². The molecule has 2 atom stereocenters. The second-order valence-electron chi connectivity index (χ2n) is 6.76. The van der Waals surface area contributed by atoms with E-state index in [2.05, 4.69) is 0 Å². The van der Waals surface area contributed by atoms with Gasteiger partial charge in [-0.15, -0.1) is 0 Å². The molecule has 4 rings (SSSR count). The molecule has 6 heteroatoms. The fraction of sp³-hybridized carbons (Fsp3) is 0.579. The SMILES string of the molecule is O=c1c2ccccc2nc(SC[C@H]2CCCCO2)n1C[C@H]1CCCO1. The van der Waals surface area contributed by atoms with Crippen LogP contribution in [0.1, 0.15) is 32.1 Å². The zero-order chi connectivity index (χ0) is 17.1. The van der Waals surface area contributed by atoms with Gasteiger partial charge in [-0.25, -0.2) is 4.98 Å². The molecule has 0 spiro atoms. The van der Waals surface area contributed by atoms with Crippen LogP contribution < -0.4 is 5.56 Å². The molecule has 25 heavy (non-hydrogen) atoms. The maximum absolute atomic E-state index is 13.0. The number of fused-ring (bicyclic) bond motifs is 1. The van der Waals surface area contributed by atoms with Crippen LogP contribution in [0.25, 0.3) is 10.9 Å². The summed E-state index contributed by atoms with van der Waals surface area (Å²) in [7, 11) is 0. The van der Waals surface area contributed by atoms with Crippen LogP contribution in [-0.2, 0) is 16.0 Å². The van der Waals surface area contributed by atoms with E-state index >= 15 is 0 Å². The summed E-state index contributed by atoms with van der Waals surface area (Å²) in [5.74, 6) is 0.844. The third-order valence-electron chi connectivity index (χ3n) is 4.91. The molecule has 0 bridgehead atoms. The van der Waals surface area contributed by atoms with Crippen LogP contribution >= 0.6 is 11.8 Å². The van der Waals surface area contributed by atoms with Crippen molar-refractivity contribution in [1.29, 1.82) is 0 Å². The molecule has 2 aliphatic rings. The number of aromatic nitrogens is 2. The molecule has 1 aromatic heterocycles. The minimum Gasteiger partial charge on any atom is -0.377 e. The molecular weight excluding hydrogens is 336 g/mol. The minimum atomic E-state index is 0.0353. The Kier molecular flexibility index (Phi) is 5.39. The van der Waals surface area contributed by atoms with E-state index in [-0.39, 0.29) is 17.8 Å². The molecule has 5 nitrogen and oxygen atoms in total. The predicted octanol–water partition coefficient (Wildman–Crippen LogP) is 3.24. The van der Waals surface area contributed by atoms with Gasteiger partial charge in [-0.2, -0.15) is 0 Å². The quantitative estimate of drug-likeness (QED) is 0.605. The number of hydrogen-bond donors (Lipinski definition) is 0. The van der Waals surface area contributed by atoms with E-state index in [0.29, 0.717) is 11.9 Å². The Labute approximate surface area is 151 Å². The van der Waals surface area contributed by atoms with Gasteiger partial charge in [0.05, 0.1) is 29.7 Å². The van der Waals surface area contributed by atoms with Crippen molar-refractivity contribution in [2.75, 3.05) is 19.0 Å². The largest absolute Gasteiger partial charge is 0.377 e. The standard InChI is InChI=1S/C19H24N2O3S/c22-18-16-8-1-2-9-17(16)20-19(21(18)12-14-7-5-11-23-14)25-13-15-6-3-4-10-24-15/h1-2,8-9,14-15H,3-7,10-13H2/t14-,15-/m1/s1. The average Bonchev–Trinajstić information content (AvgIpc) is 3.17. The highest BCUT2D eigenvalue weighted by molar-refractivity contribution is 7.99. The summed E-state index contributed by atoms with van der Waals surface area (Å²) in [5, 5.41) is 1.46. The van der Waals surface area contributed by atoms with E-state index in [0.717, 1.165) is 55.3 Å². The third kappa shape index (κ3) is 3.91. The third-order valence-corrected chi connectivity index (χ3v) is 6.02. The van der Waals surface area contributed by atoms with Crippen molar-refractivity contribution in [2.24, 2.45) is 0 Å². The fourth-order valence-electron chi connectivity index (χ4n) is 3.52. The summed E-state index contributed by atoms with van der Waals surface area (Å²) in [6, 6.07) is 7.59. The first-order chi connectivity index (χ1) is 12.3. The number of thioether (sulfide) groups is 1. The van der Waals surface area contributed by atoms with Crippen molar-refractivity contribution in [1.82, 2.24) is 9.55 Å². The second-order valence-corrected chi connectivity index (χ2v) is 7.75. The molecule has 134 valence electrons. The van der Waals surface area contributed by atoms with Gasteiger partial charge < -0.3 is 9.47 Å². The summed E-state index contributed by atoms with van der Waals surface area (Å²) in [6.45, 7) is 2.22. The van der Waals surface area contributed by atoms with Gasteiger partial charge in [-0.05, 0) is 44.2 Å². The summed E-state index contributed by atoms with van der Waals surface area (Å²) in [5.41, 5.74) is 0.802. The van der Waals surface area contributed by atoms with E-state index in [1.54, 1.807) is 11.8 Å². The van der Waals surface area contributed by atoms with Crippen LogP contribution in [0.4, 0.5) is 0 Å².